The minimum atomic E-state index is 0.964. The number of nitrogens with zero attached hydrogens (tertiary/aromatic N) is 2. The summed E-state index contributed by atoms with van der Waals surface area (Å²) in [6, 6.07) is 12.7. The summed E-state index contributed by atoms with van der Waals surface area (Å²) in [5.74, 6) is 0. The first-order chi connectivity index (χ1) is 10.2. The van der Waals surface area contributed by atoms with E-state index in [1.54, 1.807) is 11.3 Å². The molecule has 0 bridgehead atoms. The lowest BCUT2D eigenvalue weighted by atomic mass is 10.1. The summed E-state index contributed by atoms with van der Waals surface area (Å²) in [5, 5.41) is 1.17. The number of aryl methyl sites for hydroxylation is 2. The molecule has 3 aromatic rings. The van der Waals surface area contributed by atoms with Gasteiger partial charge in [-0.05, 0) is 59.7 Å². The number of hydrogen-bond acceptors (Lipinski definition) is 3. The Morgan fingerprint density at radius 2 is 2.00 bits per heavy atom. The summed E-state index contributed by atoms with van der Waals surface area (Å²) in [6.07, 6.45) is 2.83. The molecular formula is C17H15IN2S. The molecule has 0 aliphatic rings. The van der Waals surface area contributed by atoms with E-state index in [1.165, 1.54) is 26.6 Å². The van der Waals surface area contributed by atoms with E-state index in [-0.39, 0.29) is 0 Å². The molecule has 0 atom stereocenters. The van der Waals surface area contributed by atoms with Crippen molar-refractivity contribution >= 4 is 33.9 Å². The Morgan fingerprint density at radius 1 is 1.14 bits per heavy atom. The number of hydrogen-bond donors (Lipinski definition) is 0. The molecule has 3 rings (SSSR count). The van der Waals surface area contributed by atoms with Crippen molar-refractivity contribution in [3.8, 4) is 21.7 Å². The molecular weight excluding hydrogens is 391 g/mol. The molecule has 0 spiro atoms. The number of benzene rings is 1. The largest absolute Gasteiger partial charge is 0.250 e. The lowest BCUT2D eigenvalue weighted by Gasteiger charge is -2.04. The lowest BCUT2D eigenvalue weighted by Crippen LogP contribution is -1.86. The van der Waals surface area contributed by atoms with Crippen LogP contribution in [0.1, 0.15) is 17.5 Å². The number of pyridine rings is 1. The predicted octanol–water partition coefficient (Wildman–Crippen LogP) is 5.35. The van der Waals surface area contributed by atoms with Crippen LogP contribution in [0.4, 0.5) is 0 Å². The molecule has 0 amide bonds. The Balaban J connectivity index is 2.18. The number of aromatic nitrogens is 2. The van der Waals surface area contributed by atoms with E-state index in [2.05, 4.69) is 77.8 Å². The Labute approximate surface area is 142 Å². The fraction of sp³-hybridized carbons (Fsp3) is 0.176. The highest BCUT2D eigenvalue weighted by Gasteiger charge is 2.14. The Hall–Kier alpha value is -1.27. The lowest BCUT2D eigenvalue weighted by molar-refractivity contribution is 1.10. The molecule has 106 valence electrons. The van der Waals surface area contributed by atoms with E-state index < -0.39 is 0 Å². The van der Waals surface area contributed by atoms with Crippen molar-refractivity contribution in [1.29, 1.82) is 0 Å². The molecule has 0 radical (unpaired) electrons. The molecule has 0 aliphatic carbocycles. The summed E-state index contributed by atoms with van der Waals surface area (Å²) in [5.41, 5.74) is 4.73. The van der Waals surface area contributed by atoms with Crippen molar-refractivity contribution in [2.24, 2.45) is 0 Å². The highest BCUT2D eigenvalue weighted by molar-refractivity contribution is 14.1. The van der Waals surface area contributed by atoms with Gasteiger partial charge in [-0.2, -0.15) is 0 Å². The third-order valence-electron chi connectivity index (χ3n) is 3.25. The van der Waals surface area contributed by atoms with Gasteiger partial charge in [0.25, 0.3) is 0 Å². The second kappa shape index (κ2) is 6.23. The van der Waals surface area contributed by atoms with Crippen LogP contribution in [-0.4, -0.2) is 9.97 Å². The Morgan fingerprint density at radius 3 is 2.71 bits per heavy atom. The van der Waals surface area contributed by atoms with Gasteiger partial charge in [0.2, 0.25) is 0 Å². The maximum Gasteiger partial charge on any atom is 0.101 e. The van der Waals surface area contributed by atoms with Crippen molar-refractivity contribution in [3.05, 3.63) is 56.9 Å². The molecule has 21 heavy (non-hydrogen) atoms. The van der Waals surface area contributed by atoms with Crippen LogP contribution in [0.2, 0.25) is 0 Å². The number of thiazole rings is 1. The Kier molecular flexibility index (Phi) is 4.35. The van der Waals surface area contributed by atoms with Gasteiger partial charge >= 0.3 is 0 Å². The molecule has 0 N–H and O–H groups in total. The summed E-state index contributed by atoms with van der Waals surface area (Å²) >= 11 is 4.03. The topological polar surface area (TPSA) is 25.8 Å². The van der Waals surface area contributed by atoms with E-state index in [0.717, 1.165) is 15.8 Å². The molecule has 0 saturated carbocycles. The normalized spacial score (nSPS) is 10.8. The SMILES string of the molecule is CCc1nc(-c2cccc(C)c2)c(-c2ccnc(I)c2)s1. The van der Waals surface area contributed by atoms with Crippen molar-refractivity contribution in [1.82, 2.24) is 9.97 Å². The van der Waals surface area contributed by atoms with Gasteiger partial charge in [0.15, 0.2) is 0 Å². The summed E-state index contributed by atoms with van der Waals surface area (Å²) < 4.78 is 1.01. The van der Waals surface area contributed by atoms with Crippen LogP contribution in [0.5, 0.6) is 0 Å². The van der Waals surface area contributed by atoms with Crippen LogP contribution < -0.4 is 0 Å². The van der Waals surface area contributed by atoms with Gasteiger partial charge in [0.1, 0.15) is 3.70 Å². The minimum absolute atomic E-state index is 0.964. The fourth-order valence-corrected chi connectivity index (χ4v) is 3.76. The van der Waals surface area contributed by atoms with Crippen LogP contribution in [0.15, 0.2) is 42.6 Å². The van der Waals surface area contributed by atoms with Crippen molar-refractivity contribution < 1.29 is 0 Å². The monoisotopic (exact) mass is 406 g/mol. The fourth-order valence-electron chi connectivity index (χ4n) is 2.24. The highest BCUT2D eigenvalue weighted by atomic mass is 127. The zero-order valence-corrected chi connectivity index (χ0v) is 14.9. The molecule has 2 heterocycles. The van der Waals surface area contributed by atoms with Gasteiger partial charge in [-0.3, -0.25) is 4.98 Å². The predicted molar refractivity (Wildman–Crippen MR) is 97.6 cm³/mol. The van der Waals surface area contributed by atoms with Crippen molar-refractivity contribution in [2.75, 3.05) is 0 Å². The third kappa shape index (κ3) is 3.16. The van der Waals surface area contributed by atoms with Crippen LogP contribution in [0, 0.1) is 10.6 Å². The van der Waals surface area contributed by atoms with Crippen molar-refractivity contribution in [3.63, 3.8) is 0 Å². The molecule has 0 saturated heterocycles. The minimum Gasteiger partial charge on any atom is -0.250 e. The first-order valence-corrected chi connectivity index (χ1v) is 8.75. The van der Waals surface area contributed by atoms with E-state index in [1.807, 2.05) is 6.20 Å². The molecule has 2 nitrogen and oxygen atoms in total. The molecule has 4 heteroatoms. The summed E-state index contributed by atoms with van der Waals surface area (Å²) in [4.78, 5) is 10.4. The van der Waals surface area contributed by atoms with E-state index in [4.69, 9.17) is 4.98 Å². The maximum atomic E-state index is 4.84. The second-order valence-electron chi connectivity index (χ2n) is 4.88. The smallest absolute Gasteiger partial charge is 0.101 e. The van der Waals surface area contributed by atoms with Gasteiger partial charge < -0.3 is 0 Å². The zero-order valence-electron chi connectivity index (χ0n) is 11.9. The van der Waals surface area contributed by atoms with Gasteiger partial charge in [-0.15, -0.1) is 11.3 Å². The molecule has 0 fully saturated rings. The molecule has 0 unspecified atom stereocenters. The Bertz CT molecular complexity index is 717. The zero-order chi connectivity index (χ0) is 14.8. The average Bonchev–Trinajstić information content (AvgIpc) is 2.91. The summed E-state index contributed by atoms with van der Waals surface area (Å²) in [7, 11) is 0. The first-order valence-electron chi connectivity index (χ1n) is 6.86. The second-order valence-corrected chi connectivity index (χ2v) is 7.06. The van der Waals surface area contributed by atoms with E-state index >= 15 is 0 Å². The van der Waals surface area contributed by atoms with Crippen molar-refractivity contribution in [2.45, 2.75) is 20.3 Å². The van der Waals surface area contributed by atoms with Gasteiger partial charge in [0.05, 0.1) is 15.6 Å². The van der Waals surface area contributed by atoms with Gasteiger partial charge in [-0.25, -0.2) is 4.98 Å². The number of halogens is 1. The van der Waals surface area contributed by atoms with Crippen LogP contribution in [-0.2, 0) is 6.42 Å². The third-order valence-corrected chi connectivity index (χ3v) is 5.09. The van der Waals surface area contributed by atoms with E-state index in [9.17, 15) is 0 Å². The van der Waals surface area contributed by atoms with Crippen LogP contribution in [0.25, 0.3) is 21.7 Å². The standard InChI is InChI=1S/C17H15IN2S/c1-3-15-20-16(12-6-4-5-11(2)9-12)17(21-15)13-7-8-19-14(18)10-13/h4-10H,3H2,1-2H3. The molecule has 0 aliphatic heterocycles. The average molecular weight is 406 g/mol. The van der Waals surface area contributed by atoms with Crippen LogP contribution in [0.3, 0.4) is 0 Å². The summed E-state index contributed by atoms with van der Waals surface area (Å²) in [6.45, 7) is 4.27. The maximum absolute atomic E-state index is 4.84. The first kappa shape index (κ1) is 14.7. The van der Waals surface area contributed by atoms with E-state index in [0.29, 0.717) is 0 Å². The highest BCUT2D eigenvalue weighted by Crippen LogP contribution is 2.37. The quantitative estimate of drug-likeness (QED) is 0.433. The van der Waals surface area contributed by atoms with Gasteiger partial charge in [-0.1, -0.05) is 30.7 Å². The molecule has 1 aromatic carbocycles. The molecule has 2 aromatic heterocycles. The van der Waals surface area contributed by atoms with Crippen LogP contribution >= 0.6 is 33.9 Å². The number of rotatable bonds is 3. The van der Waals surface area contributed by atoms with Gasteiger partial charge in [0, 0.05) is 11.8 Å².